The van der Waals surface area contributed by atoms with Crippen LogP contribution in [-0.4, -0.2) is 67.9 Å². The van der Waals surface area contributed by atoms with Crippen LogP contribution in [0.5, 0.6) is 0 Å². The van der Waals surface area contributed by atoms with Crippen LogP contribution in [0.15, 0.2) is 110 Å². The molecule has 0 bridgehead atoms. The number of aryl methyl sites for hydroxylation is 2. The third-order valence-corrected chi connectivity index (χ3v) is 6.87. The molecule has 2 aromatic heterocycles. The zero-order valence-corrected chi connectivity index (χ0v) is 28.1. The molecule has 0 saturated heterocycles. The average molecular weight is 699 g/mol. The van der Waals surface area contributed by atoms with Crippen LogP contribution in [0.1, 0.15) is 38.3 Å². The molecule has 2 aromatic carbocycles. The third-order valence-electron chi connectivity index (χ3n) is 6.87. The van der Waals surface area contributed by atoms with E-state index in [4.69, 9.17) is 33.1 Å². The summed E-state index contributed by atoms with van der Waals surface area (Å²) in [5.41, 5.74) is 25.8. The second-order valence-electron chi connectivity index (χ2n) is 10.4. The van der Waals surface area contributed by atoms with Gasteiger partial charge in [-0.1, -0.05) is 12.1 Å². The van der Waals surface area contributed by atoms with Crippen molar-refractivity contribution >= 4 is 47.5 Å². The van der Waals surface area contributed by atoms with Gasteiger partial charge in [-0.05, 0) is 79.0 Å². The van der Waals surface area contributed by atoms with Crippen LogP contribution in [0, 0.1) is 0 Å². The Labute approximate surface area is 294 Å². The van der Waals surface area contributed by atoms with E-state index in [0.29, 0.717) is 35.6 Å². The number of hydrogen-bond donors (Lipinski definition) is 8. The van der Waals surface area contributed by atoms with E-state index in [2.05, 4.69) is 20.6 Å². The first kappa shape index (κ1) is 40.1. The molecule has 12 N–H and O–H groups in total. The van der Waals surface area contributed by atoms with Crippen molar-refractivity contribution in [3.05, 3.63) is 132 Å². The summed E-state index contributed by atoms with van der Waals surface area (Å²) in [6.07, 6.45) is 19.2. The van der Waals surface area contributed by atoms with Gasteiger partial charge in [-0.15, -0.1) is 0 Å². The number of aldehydes is 2. The monoisotopic (exact) mass is 698 g/mol. The molecule has 4 aromatic rings. The van der Waals surface area contributed by atoms with E-state index in [-0.39, 0.29) is 22.5 Å². The zero-order chi connectivity index (χ0) is 37.8. The van der Waals surface area contributed by atoms with Gasteiger partial charge in [-0.2, -0.15) is 0 Å². The summed E-state index contributed by atoms with van der Waals surface area (Å²) in [5.74, 6) is -1.01. The molecular formula is C35H42N10O6. The summed E-state index contributed by atoms with van der Waals surface area (Å²) in [4.78, 5) is 50.1. The number of nitrogens with zero attached hydrogens (tertiary/aromatic N) is 4. The first-order valence-electron chi connectivity index (χ1n) is 15.2. The number of carbonyl (C=O) groups is 4. The Morgan fingerprint density at radius 3 is 1.37 bits per heavy atom. The number of rotatable bonds is 14. The minimum atomic E-state index is -0.950. The SMILES string of the molecule is CNc1cc(CCCc2ccc(C(=O)O)c(NC)c2)ccc1C(=O)O.N/C(C=O)=C\C=C(/N)n1ccnc1.N/C(C=O)=C\C=C(/N)n1ccnc1. The predicted octanol–water partition coefficient (Wildman–Crippen LogP) is 2.71. The number of allylic oxidation sites excluding steroid dienone is 6. The Balaban J connectivity index is 0.000000292. The largest absolute Gasteiger partial charge is 0.478 e. The number of carboxylic acid groups (broad SMARTS) is 2. The lowest BCUT2D eigenvalue weighted by Gasteiger charge is -2.10. The summed E-state index contributed by atoms with van der Waals surface area (Å²) in [5, 5.41) is 24.1. The number of benzene rings is 2. The van der Waals surface area contributed by atoms with Gasteiger partial charge in [0.15, 0.2) is 12.6 Å². The number of imidazole rings is 2. The van der Waals surface area contributed by atoms with Crippen LogP contribution in [0.25, 0.3) is 11.6 Å². The van der Waals surface area contributed by atoms with E-state index in [0.717, 1.165) is 30.4 Å². The van der Waals surface area contributed by atoms with Crippen molar-refractivity contribution < 1.29 is 29.4 Å². The van der Waals surface area contributed by atoms with Crippen molar-refractivity contribution in [3.8, 4) is 0 Å². The first-order chi connectivity index (χ1) is 24.4. The van der Waals surface area contributed by atoms with Crippen LogP contribution >= 0.6 is 0 Å². The predicted molar refractivity (Wildman–Crippen MR) is 196 cm³/mol. The molecule has 2 heterocycles. The van der Waals surface area contributed by atoms with Crippen LogP contribution < -0.4 is 33.6 Å². The van der Waals surface area contributed by atoms with Gasteiger partial charge in [0.25, 0.3) is 0 Å². The number of aromatic nitrogens is 4. The summed E-state index contributed by atoms with van der Waals surface area (Å²) >= 11 is 0. The number of aromatic carboxylic acids is 2. The Morgan fingerprint density at radius 2 is 1.08 bits per heavy atom. The maximum atomic E-state index is 11.1. The highest BCUT2D eigenvalue weighted by Crippen LogP contribution is 2.21. The molecule has 0 unspecified atom stereocenters. The molecule has 16 heteroatoms. The minimum absolute atomic E-state index is 0.128. The number of hydrogen-bond acceptors (Lipinski definition) is 12. The molecular weight excluding hydrogens is 656 g/mol. The number of carbonyl (C=O) groups excluding carboxylic acids is 2. The Bertz CT molecular complexity index is 1740. The summed E-state index contributed by atoms with van der Waals surface area (Å²) < 4.78 is 3.21. The Kier molecular flexibility index (Phi) is 16.5. The van der Waals surface area contributed by atoms with Crippen molar-refractivity contribution in [2.45, 2.75) is 19.3 Å². The highest BCUT2D eigenvalue weighted by Gasteiger charge is 2.11. The molecule has 0 saturated carbocycles. The highest BCUT2D eigenvalue weighted by molar-refractivity contribution is 5.95. The molecule has 51 heavy (non-hydrogen) atoms. The fourth-order valence-corrected chi connectivity index (χ4v) is 4.21. The summed E-state index contributed by atoms with van der Waals surface area (Å²) in [6, 6.07) is 10.6. The lowest BCUT2D eigenvalue weighted by atomic mass is 10.0. The second kappa shape index (κ2) is 21.0. The summed E-state index contributed by atoms with van der Waals surface area (Å²) in [7, 11) is 3.41. The quantitative estimate of drug-likeness (QED) is 0.0534. The van der Waals surface area contributed by atoms with E-state index in [1.165, 1.54) is 24.3 Å². The molecule has 0 aliphatic carbocycles. The van der Waals surface area contributed by atoms with Gasteiger partial charge in [0.1, 0.15) is 24.3 Å². The molecule has 0 amide bonds. The van der Waals surface area contributed by atoms with E-state index >= 15 is 0 Å². The Hall–Kier alpha value is -7.10. The molecule has 16 nitrogen and oxygen atoms in total. The Morgan fingerprint density at radius 1 is 0.686 bits per heavy atom. The molecule has 0 radical (unpaired) electrons. The van der Waals surface area contributed by atoms with Crippen molar-refractivity contribution in [3.63, 3.8) is 0 Å². The molecule has 4 rings (SSSR count). The van der Waals surface area contributed by atoms with E-state index < -0.39 is 11.9 Å². The summed E-state index contributed by atoms with van der Waals surface area (Å²) in [6.45, 7) is 0. The smallest absolute Gasteiger partial charge is 0.337 e. The zero-order valence-electron chi connectivity index (χ0n) is 28.1. The van der Waals surface area contributed by atoms with Crippen LogP contribution in [0.4, 0.5) is 11.4 Å². The van der Waals surface area contributed by atoms with Gasteiger partial charge in [0.05, 0.1) is 22.5 Å². The molecule has 0 aliphatic rings. The van der Waals surface area contributed by atoms with Crippen molar-refractivity contribution in [2.75, 3.05) is 24.7 Å². The molecule has 0 atom stereocenters. The van der Waals surface area contributed by atoms with E-state index in [9.17, 15) is 19.2 Å². The van der Waals surface area contributed by atoms with Crippen LogP contribution in [0.3, 0.4) is 0 Å². The lowest BCUT2D eigenvalue weighted by molar-refractivity contribution is -0.105. The number of anilines is 2. The third kappa shape index (κ3) is 13.5. The van der Waals surface area contributed by atoms with Gasteiger partial charge in [-0.25, -0.2) is 19.6 Å². The molecule has 0 fully saturated rings. The first-order valence-corrected chi connectivity index (χ1v) is 15.2. The normalized spacial score (nSPS) is 11.6. The number of carboxylic acids is 2. The standard InChI is InChI=1S/C19H22N2O4.2C8H10N4O/c1-20-16-10-12(6-8-14(16)18(22)23)4-3-5-13-7-9-15(19(24)25)17(11-13)21-2;2*9-7(5-13)1-2-8(10)12-4-3-11-6-12/h6-11,20-21H,3-5H2,1-2H3,(H,22,23)(H,24,25);2*1-6H,9-10H2/b;2*7-1-,8-2+. The topological polar surface area (TPSA) is 273 Å². The maximum Gasteiger partial charge on any atom is 0.337 e. The van der Waals surface area contributed by atoms with Crippen LogP contribution in [0.2, 0.25) is 0 Å². The van der Waals surface area contributed by atoms with E-state index in [1.807, 2.05) is 24.3 Å². The second-order valence-corrected chi connectivity index (χ2v) is 10.4. The molecule has 0 spiro atoms. The number of nitrogens with one attached hydrogen (secondary N) is 2. The van der Waals surface area contributed by atoms with Gasteiger partial charge < -0.3 is 43.8 Å². The highest BCUT2D eigenvalue weighted by atomic mass is 16.4. The molecule has 0 aliphatic heterocycles. The van der Waals surface area contributed by atoms with Crippen molar-refractivity contribution in [1.29, 1.82) is 0 Å². The fourth-order valence-electron chi connectivity index (χ4n) is 4.21. The average Bonchev–Trinajstić information content (AvgIpc) is 3.89. The van der Waals surface area contributed by atoms with Gasteiger partial charge >= 0.3 is 11.9 Å². The van der Waals surface area contributed by atoms with Gasteiger partial charge in [-0.3, -0.25) is 18.7 Å². The lowest BCUT2D eigenvalue weighted by Crippen LogP contribution is -2.04. The van der Waals surface area contributed by atoms with Crippen molar-refractivity contribution in [1.82, 2.24) is 19.1 Å². The maximum absolute atomic E-state index is 11.1. The molecule has 268 valence electrons. The van der Waals surface area contributed by atoms with Gasteiger partial charge in [0, 0.05) is 50.3 Å². The van der Waals surface area contributed by atoms with Crippen LogP contribution in [-0.2, 0) is 22.4 Å². The van der Waals surface area contributed by atoms with Crippen molar-refractivity contribution in [2.24, 2.45) is 22.9 Å². The number of nitrogens with two attached hydrogens (primary N) is 4. The fraction of sp³-hybridized carbons (Fsp3) is 0.143. The minimum Gasteiger partial charge on any atom is -0.478 e. The van der Waals surface area contributed by atoms with Gasteiger partial charge in [0.2, 0.25) is 0 Å². The van der Waals surface area contributed by atoms with E-state index in [1.54, 1.807) is 72.8 Å².